The van der Waals surface area contributed by atoms with Crippen LogP contribution >= 0.6 is 39.1 Å². The quantitative estimate of drug-likeness (QED) is 0.708. The normalized spacial score (nSPS) is 10.2. The topological polar surface area (TPSA) is 41.1 Å². The molecule has 0 fully saturated rings. The summed E-state index contributed by atoms with van der Waals surface area (Å²) in [7, 11) is 0. The van der Waals surface area contributed by atoms with Gasteiger partial charge in [0.25, 0.3) is 0 Å². The number of urea groups is 1. The van der Waals surface area contributed by atoms with E-state index in [1.165, 1.54) is 18.2 Å². The summed E-state index contributed by atoms with van der Waals surface area (Å²) in [4.78, 5) is 11.7. The highest BCUT2D eigenvalue weighted by Gasteiger charge is 2.06. The molecule has 0 atom stereocenters. The molecule has 0 aliphatic rings. The van der Waals surface area contributed by atoms with Gasteiger partial charge in [0.1, 0.15) is 5.82 Å². The Morgan fingerprint density at radius 3 is 2.20 bits per heavy atom. The Kier molecular flexibility index (Phi) is 4.86. The van der Waals surface area contributed by atoms with E-state index < -0.39 is 11.8 Å². The van der Waals surface area contributed by atoms with E-state index in [9.17, 15) is 9.18 Å². The predicted octanol–water partition coefficient (Wildman–Crippen LogP) is 5.54. The van der Waals surface area contributed by atoms with Crippen molar-refractivity contribution in [1.82, 2.24) is 0 Å². The van der Waals surface area contributed by atoms with E-state index in [0.29, 0.717) is 25.9 Å². The first-order valence-corrected chi connectivity index (χ1v) is 6.99. The van der Waals surface area contributed by atoms with Crippen LogP contribution < -0.4 is 10.6 Å². The molecular weight excluding hydrogens is 370 g/mol. The Labute approximate surface area is 133 Å². The zero-order valence-electron chi connectivity index (χ0n) is 9.88. The van der Waals surface area contributed by atoms with Gasteiger partial charge in [0, 0.05) is 11.4 Å². The molecule has 0 saturated heterocycles. The van der Waals surface area contributed by atoms with Crippen LogP contribution in [0, 0.1) is 5.82 Å². The van der Waals surface area contributed by atoms with Gasteiger partial charge in [0.2, 0.25) is 0 Å². The first-order chi connectivity index (χ1) is 9.45. The van der Waals surface area contributed by atoms with E-state index in [1.807, 2.05) is 0 Å². The number of carbonyl (C=O) groups excluding carboxylic acids is 1. The highest BCUT2D eigenvalue weighted by Crippen LogP contribution is 2.25. The molecule has 20 heavy (non-hydrogen) atoms. The van der Waals surface area contributed by atoms with Crippen molar-refractivity contribution in [2.45, 2.75) is 0 Å². The monoisotopic (exact) mass is 376 g/mol. The molecule has 7 heteroatoms. The lowest BCUT2D eigenvalue weighted by atomic mass is 10.3. The molecule has 0 radical (unpaired) electrons. The molecule has 0 aliphatic heterocycles. The minimum Gasteiger partial charge on any atom is -0.308 e. The van der Waals surface area contributed by atoms with Gasteiger partial charge in [0.15, 0.2) is 0 Å². The highest BCUT2D eigenvalue weighted by molar-refractivity contribution is 9.10. The van der Waals surface area contributed by atoms with Gasteiger partial charge in [-0.1, -0.05) is 23.2 Å². The first kappa shape index (κ1) is 15.1. The molecular formula is C13H8BrCl2FN2O. The molecule has 2 N–H and O–H groups in total. The number of hydrogen-bond donors (Lipinski definition) is 2. The van der Waals surface area contributed by atoms with Crippen molar-refractivity contribution in [3.63, 3.8) is 0 Å². The minimum atomic E-state index is -0.509. The number of carbonyl (C=O) groups is 1. The van der Waals surface area contributed by atoms with E-state index in [2.05, 4.69) is 26.6 Å². The molecule has 0 bridgehead atoms. The second-order valence-electron chi connectivity index (χ2n) is 3.84. The molecule has 0 spiro atoms. The fourth-order valence-electron chi connectivity index (χ4n) is 1.44. The number of benzene rings is 2. The lowest BCUT2D eigenvalue weighted by Crippen LogP contribution is -2.19. The van der Waals surface area contributed by atoms with Crippen molar-refractivity contribution in [3.05, 3.63) is 56.7 Å². The standard InChI is InChI=1S/C13H8BrCl2FN2O/c14-9-3-1-8(6-12(9)17)19-13(20)18-7-2-4-10(15)11(16)5-7/h1-6H,(H2,18,19,20). The van der Waals surface area contributed by atoms with E-state index in [-0.39, 0.29) is 0 Å². The molecule has 0 saturated carbocycles. The summed E-state index contributed by atoms with van der Waals surface area (Å²) in [6.07, 6.45) is 0. The Bertz CT molecular complexity index is 611. The maximum atomic E-state index is 13.3. The van der Waals surface area contributed by atoms with Crippen LogP contribution in [0.25, 0.3) is 0 Å². The molecule has 104 valence electrons. The van der Waals surface area contributed by atoms with Crippen LogP contribution in [0.5, 0.6) is 0 Å². The van der Waals surface area contributed by atoms with E-state index in [4.69, 9.17) is 23.2 Å². The number of anilines is 2. The van der Waals surface area contributed by atoms with E-state index >= 15 is 0 Å². The van der Waals surface area contributed by atoms with Gasteiger partial charge in [-0.25, -0.2) is 9.18 Å². The minimum absolute atomic E-state index is 0.327. The van der Waals surface area contributed by atoms with Crippen LogP contribution in [0.15, 0.2) is 40.9 Å². The molecule has 2 aromatic carbocycles. The first-order valence-electron chi connectivity index (χ1n) is 5.44. The van der Waals surface area contributed by atoms with Gasteiger partial charge in [-0.15, -0.1) is 0 Å². The average Bonchev–Trinajstić information content (AvgIpc) is 2.38. The van der Waals surface area contributed by atoms with Gasteiger partial charge >= 0.3 is 6.03 Å². The summed E-state index contributed by atoms with van der Waals surface area (Å²) in [5, 5.41) is 5.80. The summed E-state index contributed by atoms with van der Waals surface area (Å²) in [6.45, 7) is 0. The lowest BCUT2D eigenvalue weighted by Gasteiger charge is -2.08. The van der Waals surface area contributed by atoms with E-state index in [1.54, 1.807) is 18.2 Å². The summed E-state index contributed by atoms with van der Waals surface area (Å²) < 4.78 is 13.6. The predicted molar refractivity (Wildman–Crippen MR) is 83.2 cm³/mol. The summed E-state index contributed by atoms with van der Waals surface area (Å²) in [5.74, 6) is -0.461. The van der Waals surface area contributed by atoms with Gasteiger partial charge in [-0.2, -0.15) is 0 Å². The van der Waals surface area contributed by atoms with Crippen molar-refractivity contribution < 1.29 is 9.18 Å². The van der Waals surface area contributed by atoms with Gasteiger partial charge in [-0.05, 0) is 52.3 Å². The van der Waals surface area contributed by atoms with Gasteiger partial charge < -0.3 is 10.6 Å². The van der Waals surface area contributed by atoms with E-state index in [0.717, 1.165) is 0 Å². The van der Waals surface area contributed by atoms with Gasteiger partial charge in [0.05, 0.1) is 14.5 Å². The van der Waals surface area contributed by atoms with Crippen molar-refractivity contribution in [1.29, 1.82) is 0 Å². The SMILES string of the molecule is O=C(Nc1ccc(Br)c(F)c1)Nc1ccc(Cl)c(Cl)c1. The van der Waals surface area contributed by atoms with Crippen molar-refractivity contribution in [2.75, 3.05) is 10.6 Å². The van der Waals surface area contributed by atoms with Crippen LogP contribution in [-0.2, 0) is 0 Å². The molecule has 0 unspecified atom stereocenters. The Hall–Kier alpha value is -1.30. The lowest BCUT2D eigenvalue weighted by molar-refractivity contribution is 0.262. The Morgan fingerprint density at radius 2 is 1.60 bits per heavy atom. The molecule has 2 aromatic rings. The third-order valence-electron chi connectivity index (χ3n) is 2.35. The largest absolute Gasteiger partial charge is 0.323 e. The highest BCUT2D eigenvalue weighted by atomic mass is 79.9. The average molecular weight is 378 g/mol. The third-order valence-corrected chi connectivity index (χ3v) is 3.74. The van der Waals surface area contributed by atoms with Crippen molar-refractivity contribution in [2.24, 2.45) is 0 Å². The summed E-state index contributed by atoms with van der Waals surface area (Å²) in [6, 6.07) is 8.47. The van der Waals surface area contributed by atoms with Crippen LogP contribution in [-0.4, -0.2) is 6.03 Å². The fourth-order valence-corrected chi connectivity index (χ4v) is 1.99. The van der Waals surface area contributed by atoms with Crippen LogP contribution in [0.2, 0.25) is 10.0 Å². The molecule has 0 aromatic heterocycles. The molecule has 3 nitrogen and oxygen atoms in total. The molecule has 2 amide bonds. The zero-order chi connectivity index (χ0) is 14.7. The number of hydrogen-bond acceptors (Lipinski definition) is 1. The number of nitrogens with one attached hydrogen (secondary N) is 2. The summed E-state index contributed by atoms with van der Waals surface area (Å²) >= 11 is 14.6. The molecule has 2 rings (SSSR count). The van der Waals surface area contributed by atoms with Crippen LogP contribution in [0.4, 0.5) is 20.6 Å². The maximum Gasteiger partial charge on any atom is 0.323 e. The van der Waals surface area contributed by atoms with Crippen LogP contribution in [0.1, 0.15) is 0 Å². The van der Waals surface area contributed by atoms with Gasteiger partial charge in [-0.3, -0.25) is 0 Å². The smallest absolute Gasteiger partial charge is 0.308 e. The summed E-state index contributed by atoms with van der Waals surface area (Å²) in [5.41, 5.74) is 0.817. The fraction of sp³-hybridized carbons (Fsp3) is 0. The Balaban J connectivity index is 2.04. The molecule has 0 heterocycles. The molecule has 0 aliphatic carbocycles. The number of rotatable bonds is 2. The maximum absolute atomic E-state index is 13.3. The Morgan fingerprint density at radius 1 is 1.00 bits per heavy atom. The second-order valence-corrected chi connectivity index (χ2v) is 5.51. The number of halogens is 4. The van der Waals surface area contributed by atoms with Crippen molar-refractivity contribution >= 4 is 56.5 Å². The van der Waals surface area contributed by atoms with Crippen LogP contribution in [0.3, 0.4) is 0 Å². The third kappa shape index (κ3) is 3.85. The second kappa shape index (κ2) is 6.43. The number of amides is 2. The van der Waals surface area contributed by atoms with Crippen molar-refractivity contribution in [3.8, 4) is 0 Å². The zero-order valence-corrected chi connectivity index (χ0v) is 13.0.